The van der Waals surface area contributed by atoms with Gasteiger partial charge in [-0.05, 0) is 49.8 Å². The van der Waals surface area contributed by atoms with E-state index < -0.39 is 0 Å². The van der Waals surface area contributed by atoms with E-state index in [1.54, 1.807) is 0 Å². The number of aldehydes is 1. The van der Waals surface area contributed by atoms with Crippen LogP contribution in [0, 0.1) is 12.0 Å². The molecule has 1 saturated carbocycles. The third-order valence-electron chi connectivity index (χ3n) is 3.84. The molecule has 1 aliphatic carbocycles. The average molecular weight is 216 g/mol. The quantitative estimate of drug-likeness (QED) is 0.786. The summed E-state index contributed by atoms with van der Waals surface area (Å²) >= 11 is 0. The summed E-state index contributed by atoms with van der Waals surface area (Å²) in [6.07, 6.45) is 5.10. The molecule has 2 rings (SSSR count). The first-order valence-electron chi connectivity index (χ1n) is 5.94. The first-order chi connectivity index (χ1) is 7.80. The summed E-state index contributed by atoms with van der Waals surface area (Å²) < 4.78 is 0. The smallest absolute Gasteiger partial charge is 0.130 e. The zero-order valence-corrected chi connectivity index (χ0v) is 9.49. The molecule has 0 saturated heterocycles. The molecule has 1 aromatic carbocycles. The van der Waals surface area contributed by atoms with Crippen LogP contribution in [0.4, 0.5) is 0 Å². The molecule has 85 valence electrons. The van der Waals surface area contributed by atoms with Crippen LogP contribution >= 0.6 is 0 Å². The molecule has 2 N–H and O–H groups in total. The van der Waals surface area contributed by atoms with E-state index in [0.717, 1.165) is 44.1 Å². The molecule has 0 spiro atoms. The maximum Gasteiger partial charge on any atom is 0.130 e. The van der Waals surface area contributed by atoms with Gasteiger partial charge in [0, 0.05) is 0 Å². The molecule has 1 aromatic rings. The molecular formula is C14H18NO. The Labute approximate surface area is 96.8 Å². The lowest BCUT2D eigenvalue weighted by atomic mass is 9.67. The highest BCUT2D eigenvalue weighted by atomic mass is 16.1. The van der Waals surface area contributed by atoms with Crippen molar-refractivity contribution < 1.29 is 4.79 Å². The number of benzene rings is 1. The second kappa shape index (κ2) is 4.79. The molecule has 16 heavy (non-hydrogen) atoms. The highest BCUT2D eigenvalue weighted by Gasteiger charge is 2.36. The minimum atomic E-state index is -0.274. The van der Waals surface area contributed by atoms with Gasteiger partial charge in [0.25, 0.3) is 0 Å². The van der Waals surface area contributed by atoms with Gasteiger partial charge in [-0.3, -0.25) is 0 Å². The Hall–Kier alpha value is -1.15. The van der Waals surface area contributed by atoms with Gasteiger partial charge in [-0.15, -0.1) is 0 Å². The molecule has 2 nitrogen and oxygen atoms in total. The largest absolute Gasteiger partial charge is 0.330 e. The van der Waals surface area contributed by atoms with Gasteiger partial charge in [0.1, 0.15) is 6.29 Å². The zero-order valence-electron chi connectivity index (χ0n) is 9.49. The summed E-state index contributed by atoms with van der Waals surface area (Å²) in [5, 5.41) is 0. The highest BCUT2D eigenvalue weighted by molar-refractivity contribution is 5.68. The van der Waals surface area contributed by atoms with Gasteiger partial charge >= 0.3 is 0 Å². The molecule has 0 amide bonds. The van der Waals surface area contributed by atoms with Gasteiger partial charge in [-0.1, -0.05) is 24.3 Å². The number of carbonyl (C=O) groups is 1. The van der Waals surface area contributed by atoms with Crippen molar-refractivity contribution in [2.45, 2.75) is 31.1 Å². The number of nitrogens with two attached hydrogens (primary N) is 1. The Balaban J connectivity index is 2.19. The Morgan fingerprint density at radius 3 is 2.75 bits per heavy atom. The van der Waals surface area contributed by atoms with Crippen molar-refractivity contribution >= 4 is 6.29 Å². The second-order valence-corrected chi connectivity index (χ2v) is 4.75. The first kappa shape index (κ1) is 11.3. The summed E-state index contributed by atoms with van der Waals surface area (Å²) in [4.78, 5) is 11.4. The van der Waals surface area contributed by atoms with E-state index in [1.165, 1.54) is 0 Å². The maximum atomic E-state index is 11.4. The second-order valence-electron chi connectivity index (χ2n) is 4.75. The van der Waals surface area contributed by atoms with Crippen LogP contribution in [0.15, 0.2) is 24.3 Å². The lowest BCUT2D eigenvalue weighted by Gasteiger charge is -2.36. The fourth-order valence-corrected chi connectivity index (χ4v) is 2.61. The Morgan fingerprint density at radius 2 is 2.25 bits per heavy atom. The van der Waals surface area contributed by atoms with E-state index in [0.29, 0.717) is 5.92 Å². The average Bonchev–Trinajstić information content (AvgIpc) is 2.40. The van der Waals surface area contributed by atoms with Crippen LogP contribution in [0.2, 0.25) is 0 Å². The highest BCUT2D eigenvalue weighted by Crippen LogP contribution is 2.39. The van der Waals surface area contributed by atoms with Crippen LogP contribution in [-0.4, -0.2) is 12.8 Å². The SMILES string of the molecule is NCC1CCC(C=O)(c2c[c]ccc2)CC1. The number of rotatable bonds is 3. The first-order valence-corrected chi connectivity index (χ1v) is 5.94. The molecular weight excluding hydrogens is 198 g/mol. The van der Waals surface area contributed by atoms with E-state index in [2.05, 4.69) is 6.07 Å². The number of hydrogen-bond donors (Lipinski definition) is 1. The predicted octanol–water partition coefficient (Wildman–Crippen LogP) is 2.07. The normalized spacial score (nSPS) is 29.9. The molecule has 1 radical (unpaired) electrons. The van der Waals surface area contributed by atoms with Crippen LogP contribution in [0.1, 0.15) is 31.2 Å². The third-order valence-corrected chi connectivity index (χ3v) is 3.84. The zero-order chi connectivity index (χ0) is 11.4. The molecule has 1 fully saturated rings. The van der Waals surface area contributed by atoms with Crippen LogP contribution < -0.4 is 5.73 Å². The van der Waals surface area contributed by atoms with Crippen molar-refractivity contribution in [2.24, 2.45) is 11.7 Å². The molecule has 0 aliphatic heterocycles. The van der Waals surface area contributed by atoms with E-state index in [9.17, 15) is 4.79 Å². The fraction of sp³-hybridized carbons (Fsp3) is 0.500. The molecule has 0 atom stereocenters. The summed E-state index contributed by atoms with van der Waals surface area (Å²) in [5.74, 6) is 0.598. The summed E-state index contributed by atoms with van der Waals surface area (Å²) in [7, 11) is 0. The van der Waals surface area contributed by atoms with Crippen LogP contribution in [-0.2, 0) is 10.2 Å². The molecule has 0 aromatic heterocycles. The van der Waals surface area contributed by atoms with Gasteiger partial charge in [-0.25, -0.2) is 0 Å². The Morgan fingerprint density at radius 1 is 1.50 bits per heavy atom. The minimum absolute atomic E-state index is 0.274. The van der Waals surface area contributed by atoms with Crippen molar-refractivity contribution in [1.29, 1.82) is 0 Å². The summed E-state index contributed by atoms with van der Waals surface area (Å²) in [6.45, 7) is 0.746. The topological polar surface area (TPSA) is 43.1 Å². The summed E-state index contributed by atoms with van der Waals surface area (Å²) in [6, 6.07) is 10.9. The Kier molecular flexibility index (Phi) is 3.39. The van der Waals surface area contributed by atoms with E-state index in [-0.39, 0.29) is 5.41 Å². The van der Waals surface area contributed by atoms with Gasteiger partial charge in [0.15, 0.2) is 0 Å². The lowest BCUT2D eigenvalue weighted by molar-refractivity contribution is -0.114. The molecule has 0 heterocycles. The van der Waals surface area contributed by atoms with Gasteiger partial charge in [-0.2, -0.15) is 0 Å². The molecule has 1 aliphatic rings. The van der Waals surface area contributed by atoms with Crippen molar-refractivity contribution in [3.05, 3.63) is 35.9 Å². The molecule has 0 unspecified atom stereocenters. The van der Waals surface area contributed by atoms with Crippen LogP contribution in [0.25, 0.3) is 0 Å². The number of hydrogen-bond acceptors (Lipinski definition) is 2. The van der Waals surface area contributed by atoms with E-state index >= 15 is 0 Å². The van der Waals surface area contributed by atoms with Gasteiger partial charge in [0.2, 0.25) is 0 Å². The van der Waals surface area contributed by atoms with Crippen molar-refractivity contribution in [2.75, 3.05) is 6.54 Å². The van der Waals surface area contributed by atoms with Gasteiger partial charge in [0.05, 0.1) is 5.41 Å². The van der Waals surface area contributed by atoms with E-state index in [1.807, 2.05) is 24.3 Å². The standard InChI is InChI=1S/C14H18NO/c15-10-12-6-8-14(11-16,9-7-12)13-4-2-1-3-5-13/h1-2,4-5,11-12H,6-10,15H2. The monoisotopic (exact) mass is 216 g/mol. The lowest BCUT2D eigenvalue weighted by Crippen LogP contribution is -2.35. The van der Waals surface area contributed by atoms with E-state index in [4.69, 9.17) is 5.73 Å². The molecule has 0 bridgehead atoms. The third kappa shape index (κ3) is 2.03. The van der Waals surface area contributed by atoms with Crippen LogP contribution in [0.5, 0.6) is 0 Å². The molecule has 2 heteroatoms. The number of carbonyl (C=O) groups excluding carboxylic acids is 1. The maximum absolute atomic E-state index is 11.4. The van der Waals surface area contributed by atoms with Gasteiger partial charge < -0.3 is 10.5 Å². The van der Waals surface area contributed by atoms with Crippen molar-refractivity contribution in [1.82, 2.24) is 0 Å². The predicted molar refractivity (Wildman–Crippen MR) is 64.0 cm³/mol. The minimum Gasteiger partial charge on any atom is -0.330 e. The van der Waals surface area contributed by atoms with Crippen LogP contribution in [0.3, 0.4) is 0 Å². The van der Waals surface area contributed by atoms with Crippen molar-refractivity contribution in [3.63, 3.8) is 0 Å². The fourth-order valence-electron chi connectivity index (χ4n) is 2.61. The summed E-state index contributed by atoms with van der Waals surface area (Å²) in [5.41, 5.74) is 6.51. The Bertz CT molecular complexity index is 339. The van der Waals surface area contributed by atoms with Crippen molar-refractivity contribution in [3.8, 4) is 0 Å².